The van der Waals surface area contributed by atoms with E-state index in [4.69, 9.17) is 0 Å². The Hall–Kier alpha value is -0.640. The molecule has 0 atom stereocenters. The Balaban J connectivity index is 3.01. The molecule has 8 heavy (non-hydrogen) atoms. The van der Waals surface area contributed by atoms with Crippen LogP contribution in [0.1, 0.15) is 0 Å². The summed E-state index contributed by atoms with van der Waals surface area (Å²) in [6, 6.07) is 0. The number of hydrogen-bond donors (Lipinski definition) is 0. The maximum atomic E-state index is 10.1. The Labute approximate surface area is 49.7 Å². The Morgan fingerprint density at radius 1 is 1.75 bits per heavy atom. The Kier molecular flexibility index (Phi) is 1.43. The minimum Gasteiger partial charge on any atom is -0.398 e. The van der Waals surface area contributed by atoms with Gasteiger partial charge < -0.3 is 8.83 Å². The summed E-state index contributed by atoms with van der Waals surface area (Å²) in [5.74, 6) is -0.644. The first-order chi connectivity index (χ1) is 3.83. The van der Waals surface area contributed by atoms with Gasteiger partial charge >= 0.3 is 5.82 Å². The second-order valence-electron chi connectivity index (χ2n) is 1.11. The zero-order chi connectivity index (χ0) is 5.98. The van der Waals surface area contributed by atoms with E-state index in [1.54, 1.807) is 6.26 Å². The molecule has 0 bridgehead atoms. The first-order valence-corrected chi connectivity index (χ1v) is 3.18. The minimum atomic E-state index is -0.644. The minimum absolute atomic E-state index is 0.509. The molecule has 0 saturated heterocycles. The highest BCUT2D eigenvalue weighted by Crippen LogP contribution is 2.09. The van der Waals surface area contributed by atoms with Gasteiger partial charge in [-0.3, -0.25) is 0 Å². The van der Waals surface area contributed by atoms with Gasteiger partial charge in [0.1, 0.15) is 6.26 Å². The summed E-state index contributed by atoms with van der Waals surface area (Å²) in [6.07, 6.45) is 3.08. The number of hydrogen-bond acceptors (Lipinski definition) is 4. The van der Waals surface area contributed by atoms with Crippen molar-refractivity contribution in [3.8, 4) is 0 Å². The van der Waals surface area contributed by atoms with Crippen LogP contribution in [0.5, 0.6) is 0 Å². The van der Waals surface area contributed by atoms with Crippen LogP contribution in [0, 0.1) is 0 Å². The lowest BCUT2D eigenvalue weighted by atomic mass is 11.0. The van der Waals surface area contributed by atoms with Crippen LogP contribution in [0.25, 0.3) is 0 Å². The topological polar surface area (TPSA) is 43.4 Å². The molecule has 0 fully saturated rings. The molecule has 0 radical (unpaired) electrons. The molecule has 0 aromatic carbocycles. The molecule has 0 spiro atoms. The third kappa shape index (κ3) is 0.949. The third-order valence-corrected chi connectivity index (χ3v) is 1.22. The van der Waals surface area contributed by atoms with E-state index in [1.807, 2.05) is 0 Å². The molecule has 1 rings (SSSR count). The highest BCUT2D eigenvalue weighted by atomic mass is 32.2. The van der Waals surface area contributed by atoms with Gasteiger partial charge in [0.25, 0.3) is 0 Å². The first kappa shape index (κ1) is 5.50. The second-order valence-corrected chi connectivity index (χ2v) is 1.92. The van der Waals surface area contributed by atoms with Gasteiger partial charge in [-0.15, -0.1) is 0 Å². The van der Waals surface area contributed by atoms with Gasteiger partial charge in [0.2, 0.25) is 5.09 Å². The smallest absolute Gasteiger partial charge is 0.398 e. The molecular formula is C4H4O3S. The molecule has 1 heterocycles. The van der Waals surface area contributed by atoms with Gasteiger partial charge in [-0.05, 0) is 6.26 Å². The quantitative estimate of drug-likeness (QED) is 0.533. The monoisotopic (exact) mass is 132 g/mol. The van der Waals surface area contributed by atoms with E-state index in [2.05, 4.69) is 8.83 Å². The summed E-state index contributed by atoms with van der Waals surface area (Å²) in [7, 11) is 0. The predicted octanol–water partition coefficient (Wildman–Crippen LogP) is 0.955. The van der Waals surface area contributed by atoms with Gasteiger partial charge in [-0.1, -0.05) is 11.8 Å². The van der Waals surface area contributed by atoms with Crippen LogP contribution in [0.15, 0.2) is 25.0 Å². The van der Waals surface area contributed by atoms with Crippen molar-refractivity contribution in [3.63, 3.8) is 0 Å². The molecule has 0 aliphatic carbocycles. The molecule has 3 nitrogen and oxygen atoms in total. The second kappa shape index (κ2) is 2.09. The van der Waals surface area contributed by atoms with Crippen molar-refractivity contribution in [1.82, 2.24) is 0 Å². The fourth-order valence-electron chi connectivity index (χ4n) is 0.316. The van der Waals surface area contributed by atoms with Gasteiger partial charge in [0.15, 0.2) is 0 Å². The lowest BCUT2D eigenvalue weighted by Crippen LogP contribution is -1.84. The van der Waals surface area contributed by atoms with Crippen LogP contribution >= 0.6 is 11.8 Å². The van der Waals surface area contributed by atoms with Crippen molar-refractivity contribution in [3.05, 3.63) is 16.9 Å². The van der Waals surface area contributed by atoms with Crippen LogP contribution in [-0.4, -0.2) is 6.26 Å². The standard InChI is InChI=1S/C4H4O3S/c1-8-3-2-6-4(5)7-3/h2H,1H3. The third-order valence-electron chi connectivity index (χ3n) is 0.636. The summed E-state index contributed by atoms with van der Waals surface area (Å²) < 4.78 is 8.79. The van der Waals surface area contributed by atoms with Crippen LogP contribution < -0.4 is 5.82 Å². The van der Waals surface area contributed by atoms with Crippen molar-refractivity contribution in [2.75, 3.05) is 6.26 Å². The molecule has 0 aliphatic heterocycles. The average molecular weight is 132 g/mol. The molecule has 1 aromatic heterocycles. The highest BCUT2D eigenvalue weighted by Gasteiger charge is 1.94. The number of thioether (sulfide) groups is 1. The van der Waals surface area contributed by atoms with Gasteiger partial charge in [0.05, 0.1) is 0 Å². The van der Waals surface area contributed by atoms with Gasteiger partial charge in [-0.25, -0.2) is 4.79 Å². The predicted molar refractivity (Wildman–Crippen MR) is 29.0 cm³/mol. The van der Waals surface area contributed by atoms with Crippen LogP contribution in [-0.2, 0) is 0 Å². The van der Waals surface area contributed by atoms with Crippen LogP contribution in [0.3, 0.4) is 0 Å². The summed E-state index contributed by atoms with van der Waals surface area (Å²) >= 11 is 1.33. The molecule has 0 amide bonds. The lowest BCUT2D eigenvalue weighted by Gasteiger charge is -1.74. The average Bonchev–Trinajstić information content (AvgIpc) is 2.14. The maximum absolute atomic E-state index is 10.1. The van der Waals surface area contributed by atoms with E-state index in [0.29, 0.717) is 5.09 Å². The molecule has 0 aliphatic rings. The van der Waals surface area contributed by atoms with Crippen molar-refractivity contribution in [2.24, 2.45) is 0 Å². The van der Waals surface area contributed by atoms with Crippen molar-refractivity contribution < 1.29 is 8.83 Å². The zero-order valence-electron chi connectivity index (χ0n) is 4.21. The summed E-state index contributed by atoms with van der Waals surface area (Å²) in [6.45, 7) is 0. The summed E-state index contributed by atoms with van der Waals surface area (Å²) in [5, 5.41) is 0.509. The zero-order valence-corrected chi connectivity index (χ0v) is 5.03. The van der Waals surface area contributed by atoms with E-state index in [0.717, 1.165) is 0 Å². The SMILES string of the molecule is CSc1coc(=O)o1. The molecule has 4 heteroatoms. The summed E-state index contributed by atoms with van der Waals surface area (Å²) in [4.78, 5) is 10.1. The molecule has 0 saturated carbocycles. The van der Waals surface area contributed by atoms with Crippen LogP contribution in [0.4, 0.5) is 0 Å². The lowest BCUT2D eigenvalue weighted by molar-refractivity contribution is 0.359. The molecule has 1 aromatic rings. The molecular weight excluding hydrogens is 128 g/mol. The Morgan fingerprint density at radius 3 is 2.75 bits per heavy atom. The van der Waals surface area contributed by atoms with Crippen molar-refractivity contribution in [2.45, 2.75) is 5.09 Å². The molecule has 0 unspecified atom stereocenters. The Morgan fingerprint density at radius 2 is 2.50 bits per heavy atom. The van der Waals surface area contributed by atoms with Crippen molar-refractivity contribution in [1.29, 1.82) is 0 Å². The normalized spacial score (nSPS) is 9.62. The number of rotatable bonds is 1. The van der Waals surface area contributed by atoms with E-state index in [9.17, 15) is 4.79 Å². The Bertz CT molecular complexity index is 211. The fourth-order valence-corrected chi connectivity index (χ4v) is 0.612. The van der Waals surface area contributed by atoms with Crippen LogP contribution in [0.2, 0.25) is 0 Å². The largest absolute Gasteiger partial charge is 0.519 e. The van der Waals surface area contributed by atoms with E-state index in [-0.39, 0.29) is 0 Å². The summed E-state index contributed by atoms with van der Waals surface area (Å²) in [5.41, 5.74) is 0. The van der Waals surface area contributed by atoms with E-state index < -0.39 is 5.82 Å². The van der Waals surface area contributed by atoms with E-state index in [1.165, 1.54) is 18.0 Å². The maximum Gasteiger partial charge on any atom is 0.519 e. The van der Waals surface area contributed by atoms with Gasteiger partial charge in [-0.2, -0.15) is 0 Å². The highest BCUT2D eigenvalue weighted by molar-refractivity contribution is 7.98. The van der Waals surface area contributed by atoms with Gasteiger partial charge in [0, 0.05) is 0 Å². The van der Waals surface area contributed by atoms with Crippen molar-refractivity contribution >= 4 is 11.8 Å². The fraction of sp³-hybridized carbons (Fsp3) is 0.250. The first-order valence-electron chi connectivity index (χ1n) is 1.95. The molecule has 44 valence electrons. The molecule has 0 N–H and O–H groups in total. The van der Waals surface area contributed by atoms with E-state index >= 15 is 0 Å².